The van der Waals surface area contributed by atoms with Crippen LogP contribution in [-0.2, 0) is 4.79 Å². The Balaban J connectivity index is 1.20. The van der Waals surface area contributed by atoms with E-state index in [-0.39, 0.29) is 0 Å². The largest absolute Gasteiger partial charge is 0.287 e. The molecule has 0 heterocycles. The highest BCUT2D eigenvalue weighted by atomic mass is 32.2. The van der Waals surface area contributed by atoms with Crippen LogP contribution in [0, 0.1) is 52.3 Å². The molecule has 210 valence electrons. The van der Waals surface area contributed by atoms with Gasteiger partial charge in [-0.2, -0.15) is 0 Å². The lowest BCUT2D eigenvalue weighted by Crippen LogP contribution is -2.50. The summed E-state index contributed by atoms with van der Waals surface area (Å²) in [6.07, 6.45) is 25.5. The van der Waals surface area contributed by atoms with Crippen LogP contribution in [0.1, 0.15) is 144 Å². The molecule has 0 radical (unpaired) electrons. The summed E-state index contributed by atoms with van der Waals surface area (Å²) < 4.78 is 0. The van der Waals surface area contributed by atoms with Gasteiger partial charge in [-0.25, -0.2) is 0 Å². The van der Waals surface area contributed by atoms with Crippen molar-refractivity contribution >= 4 is 16.9 Å². The third-order valence-corrected chi connectivity index (χ3v) is 13.9. The van der Waals surface area contributed by atoms with Crippen LogP contribution < -0.4 is 0 Å². The van der Waals surface area contributed by atoms with E-state index in [0.717, 1.165) is 41.9 Å². The number of carbonyl (C=O) groups excluding carboxylic acids is 1. The molecule has 0 bridgehead atoms. The van der Waals surface area contributed by atoms with Crippen LogP contribution in [0.2, 0.25) is 0 Å². The number of carbonyl (C=O) groups is 1. The minimum atomic E-state index is 0.411. The first-order chi connectivity index (χ1) is 17.7. The highest BCUT2D eigenvalue weighted by Crippen LogP contribution is 2.67. The summed E-state index contributed by atoms with van der Waals surface area (Å²) >= 11 is 1.74. The maximum absolute atomic E-state index is 12.9. The van der Waals surface area contributed by atoms with Gasteiger partial charge < -0.3 is 0 Å². The van der Waals surface area contributed by atoms with Crippen LogP contribution in [0.3, 0.4) is 0 Å². The van der Waals surface area contributed by atoms with Crippen LogP contribution in [0.4, 0.5) is 0 Å². The van der Waals surface area contributed by atoms with Gasteiger partial charge in [0.05, 0.1) is 0 Å². The SMILES string of the molecule is CC(C)CCC[C@H](C)[C@@H]1CC[C@@H]2[C@H]3CC=C4C[C@@H](SC(=O)CC5CCCCC5)CC[C@]4(C)[C@@H]3CC[C@]21C. The quantitative estimate of drug-likeness (QED) is 0.293. The zero-order chi connectivity index (χ0) is 26.2. The zero-order valence-electron chi connectivity index (χ0n) is 25.0. The van der Waals surface area contributed by atoms with E-state index in [2.05, 4.69) is 40.7 Å². The van der Waals surface area contributed by atoms with Gasteiger partial charge in [0.1, 0.15) is 0 Å². The molecule has 4 saturated carbocycles. The van der Waals surface area contributed by atoms with E-state index in [4.69, 9.17) is 0 Å². The first-order valence-corrected chi connectivity index (χ1v) is 17.5. The van der Waals surface area contributed by atoms with Crippen molar-refractivity contribution in [1.29, 1.82) is 0 Å². The van der Waals surface area contributed by atoms with Crippen molar-refractivity contribution in [2.75, 3.05) is 0 Å². The lowest BCUT2D eigenvalue weighted by atomic mass is 9.47. The summed E-state index contributed by atoms with van der Waals surface area (Å²) in [6.45, 7) is 12.7. The van der Waals surface area contributed by atoms with Gasteiger partial charge in [-0.1, -0.05) is 96.6 Å². The van der Waals surface area contributed by atoms with Gasteiger partial charge in [0.25, 0.3) is 0 Å². The van der Waals surface area contributed by atoms with E-state index in [1.807, 2.05) is 0 Å². The molecule has 5 rings (SSSR count). The fraction of sp³-hybridized carbons (Fsp3) is 0.914. The number of hydrogen-bond donors (Lipinski definition) is 0. The highest BCUT2D eigenvalue weighted by molar-refractivity contribution is 8.14. The molecule has 8 atom stereocenters. The van der Waals surface area contributed by atoms with Crippen molar-refractivity contribution < 1.29 is 4.79 Å². The Morgan fingerprint density at radius 2 is 1.73 bits per heavy atom. The molecule has 0 N–H and O–H groups in total. The Hall–Kier alpha value is -0.240. The molecular formula is C35H58OS. The predicted molar refractivity (Wildman–Crippen MR) is 161 cm³/mol. The molecule has 2 heteroatoms. The Morgan fingerprint density at radius 3 is 2.49 bits per heavy atom. The molecule has 37 heavy (non-hydrogen) atoms. The summed E-state index contributed by atoms with van der Waals surface area (Å²) in [5.74, 6) is 6.13. The number of allylic oxidation sites excluding steroid dienone is 2. The Bertz CT molecular complexity index is 823. The molecule has 0 aromatic rings. The number of hydrogen-bond acceptors (Lipinski definition) is 2. The van der Waals surface area contributed by atoms with Crippen molar-refractivity contribution in [3.05, 3.63) is 11.6 Å². The van der Waals surface area contributed by atoms with Crippen molar-refractivity contribution in [3.8, 4) is 0 Å². The second-order valence-electron chi connectivity index (χ2n) is 15.4. The summed E-state index contributed by atoms with van der Waals surface area (Å²) in [5.41, 5.74) is 2.75. The van der Waals surface area contributed by atoms with Gasteiger partial charge in [-0.05, 0) is 116 Å². The lowest BCUT2D eigenvalue weighted by Gasteiger charge is -2.58. The highest BCUT2D eigenvalue weighted by Gasteiger charge is 2.59. The number of rotatable bonds is 8. The molecule has 0 spiro atoms. The summed E-state index contributed by atoms with van der Waals surface area (Å²) in [7, 11) is 0. The Kier molecular flexibility index (Phi) is 8.95. The first kappa shape index (κ1) is 28.3. The molecule has 0 unspecified atom stereocenters. The minimum absolute atomic E-state index is 0.411. The standard InChI is InChI=1S/C35H58OS/c1-24(2)10-9-11-25(3)30-16-17-31-29-15-14-27-23-28(37-33(36)22-26-12-7-6-8-13-26)18-20-34(27,4)32(29)19-21-35(30,31)5/h14,24-26,28-32H,6-13,15-23H2,1-5H3/t25-,28-,29+,30-,31+,32+,34-,35-/m0/s1. The normalized spacial score (nSPS) is 41.0. The van der Waals surface area contributed by atoms with Crippen molar-refractivity contribution in [3.63, 3.8) is 0 Å². The monoisotopic (exact) mass is 526 g/mol. The third kappa shape index (κ3) is 5.81. The first-order valence-electron chi connectivity index (χ1n) is 16.6. The average molecular weight is 527 g/mol. The van der Waals surface area contributed by atoms with Gasteiger partial charge >= 0.3 is 0 Å². The van der Waals surface area contributed by atoms with E-state index in [9.17, 15) is 4.79 Å². The fourth-order valence-corrected chi connectivity index (χ4v) is 11.8. The van der Waals surface area contributed by atoms with Crippen LogP contribution in [-0.4, -0.2) is 10.4 Å². The summed E-state index contributed by atoms with van der Waals surface area (Å²) in [4.78, 5) is 12.9. The van der Waals surface area contributed by atoms with Gasteiger partial charge in [0.2, 0.25) is 0 Å². The maximum atomic E-state index is 12.9. The van der Waals surface area contributed by atoms with Crippen LogP contribution in [0.15, 0.2) is 11.6 Å². The molecule has 4 fully saturated rings. The summed E-state index contributed by atoms with van der Waals surface area (Å²) in [6, 6.07) is 0. The summed E-state index contributed by atoms with van der Waals surface area (Å²) in [5, 5.41) is 1.05. The zero-order valence-corrected chi connectivity index (χ0v) is 25.8. The van der Waals surface area contributed by atoms with E-state index >= 15 is 0 Å². The minimum Gasteiger partial charge on any atom is -0.287 e. The molecule has 1 nitrogen and oxygen atoms in total. The van der Waals surface area contributed by atoms with Gasteiger partial charge in [-0.15, -0.1) is 0 Å². The van der Waals surface area contributed by atoms with Crippen molar-refractivity contribution in [2.45, 2.75) is 149 Å². The Labute approximate surface area is 234 Å². The van der Waals surface area contributed by atoms with E-state index in [1.165, 1.54) is 103 Å². The van der Waals surface area contributed by atoms with Crippen LogP contribution in [0.25, 0.3) is 0 Å². The molecule has 0 amide bonds. The average Bonchev–Trinajstić information content (AvgIpc) is 3.22. The molecule has 0 saturated heterocycles. The van der Waals surface area contributed by atoms with Crippen LogP contribution >= 0.6 is 11.8 Å². The van der Waals surface area contributed by atoms with Crippen molar-refractivity contribution in [1.82, 2.24) is 0 Å². The molecule has 0 aromatic heterocycles. The lowest BCUT2D eigenvalue weighted by molar-refractivity contribution is -0.112. The van der Waals surface area contributed by atoms with Gasteiger partial charge in [0.15, 0.2) is 5.12 Å². The third-order valence-electron chi connectivity index (χ3n) is 12.7. The molecular weight excluding hydrogens is 468 g/mol. The molecule has 5 aliphatic carbocycles. The Morgan fingerprint density at radius 1 is 0.946 bits per heavy atom. The smallest absolute Gasteiger partial charge is 0.189 e. The second-order valence-corrected chi connectivity index (χ2v) is 16.7. The second kappa shape index (κ2) is 11.7. The number of fused-ring (bicyclic) bond motifs is 5. The topological polar surface area (TPSA) is 17.1 Å². The molecule has 0 aromatic carbocycles. The number of thioether (sulfide) groups is 1. The van der Waals surface area contributed by atoms with E-state index in [1.54, 1.807) is 17.3 Å². The maximum Gasteiger partial charge on any atom is 0.189 e. The van der Waals surface area contributed by atoms with Crippen LogP contribution in [0.5, 0.6) is 0 Å². The fourth-order valence-electron chi connectivity index (χ4n) is 10.6. The molecule has 0 aliphatic heterocycles. The molecule has 5 aliphatic rings. The van der Waals surface area contributed by atoms with E-state index < -0.39 is 0 Å². The van der Waals surface area contributed by atoms with Gasteiger partial charge in [-0.3, -0.25) is 4.79 Å². The van der Waals surface area contributed by atoms with Gasteiger partial charge in [0, 0.05) is 11.7 Å². The van der Waals surface area contributed by atoms with Crippen molar-refractivity contribution in [2.24, 2.45) is 52.3 Å². The predicted octanol–water partition coefficient (Wildman–Crippen LogP) is 10.6. The van der Waals surface area contributed by atoms with E-state index in [0.29, 0.717) is 27.1 Å².